The number of aliphatic carboxylic acids is 1. The van der Waals surface area contributed by atoms with Gasteiger partial charge in [0.05, 0.1) is 25.5 Å². The number of nitrogens with two attached hydrogens (primary N) is 5. The number of aliphatic hydroxyl groups is 1. The number of guanidine groups is 2. The van der Waals surface area contributed by atoms with Crippen LogP contribution in [0.3, 0.4) is 0 Å². The lowest BCUT2D eigenvalue weighted by Crippen LogP contribution is -2.60. The van der Waals surface area contributed by atoms with Gasteiger partial charge < -0.3 is 101 Å². The van der Waals surface area contributed by atoms with Gasteiger partial charge in [-0.2, -0.15) is 0 Å². The molecule has 34 nitrogen and oxygen atoms in total. The molecule has 1 aliphatic carbocycles. The number of benzene rings is 1. The Kier molecular flexibility index (Phi) is 31.1. The van der Waals surface area contributed by atoms with Crippen LogP contribution in [0.2, 0.25) is 0 Å². The number of imidazole rings is 1. The molecule has 2 aromatic rings. The van der Waals surface area contributed by atoms with Crippen LogP contribution in [0.4, 0.5) is 0 Å². The Morgan fingerprint density at radius 2 is 1.09 bits per heavy atom. The van der Waals surface area contributed by atoms with Crippen molar-refractivity contribution < 1.29 is 67.7 Å². The Labute approximate surface area is 575 Å². The number of H-pyrrole nitrogens is 1. The Morgan fingerprint density at radius 3 is 1.66 bits per heavy atom. The minimum atomic E-state index is -1.71. The molecular weight excluding hydrogens is 1280 g/mol. The van der Waals surface area contributed by atoms with Crippen LogP contribution >= 0.6 is 0 Å². The fourth-order valence-corrected chi connectivity index (χ4v) is 12.9. The molecular formula is C65H102N20O14. The number of hydrogen-bond donors (Lipinski definition) is 16. The van der Waals surface area contributed by atoms with E-state index in [2.05, 4.69) is 62.5 Å². The predicted octanol–water partition coefficient (Wildman–Crippen LogP) is -3.77. The molecule has 21 N–H and O–H groups in total. The number of aliphatic imine (C=N–C) groups is 2. The number of likely N-dealkylation sites (tertiary alicyclic amines) is 3. The van der Waals surface area contributed by atoms with Gasteiger partial charge in [0, 0.05) is 57.5 Å². The minimum absolute atomic E-state index is 0.00582. The van der Waals surface area contributed by atoms with Gasteiger partial charge >= 0.3 is 5.97 Å². The number of rotatable bonds is 37. The summed E-state index contributed by atoms with van der Waals surface area (Å²) in [6.07, 6.45) is 10.4. The first kappa shape index (κ1) is 78.5. The Bertz CT molecular complexity index is 3140. The topological polar surface area (TPSA) is 535 Å². The second kappa shape index (κ2) is 39.2. The van der Waals surface area contributed by atoms with Crippen molar-refractivity contribution in [3.05, 3.63) is 54.1 Å². The van der Waals surface area contributed by atoms with Crippen molar-refractivity contribution in [1.29, 1.82) is 0 Å². The Morgan fingerprint density at radius 1 is 0.576 bits per heavy atom. The monoisotopic (exact) mass is 1390 g/mol. The van der Waals surface area contributed by atoms with Crippen LogP contribution in [-0.4, -0.2) is 230 Å². The van der Waals surface area contributed by atoms with Gasteiger partial charge in [0.2, 0.25) is 65.0 Å². The van der Waals surface area contributed by atoms with E-state index in [9.17, 15) is 67.7 Å². The summed E-state index contributed by atoms with van der Waals surface area (Å²) in [6.45, 7) is 4.19. The number of hydrogen-bond acceptors (Lipinski definition) is 17. The van der Waals surface area contributed by atoms with Crippen LogP contribution in [0.5, 0.6) is 0 Å². The van der Waals surface area contributed by atoms with E-state index in [1.807, 2.05) is 0 Å². The van der Waals surface area contributed by atoms with Crippen molar-refractivity contribution in [2.45, 2.75) is 209 Å². The standard InChI is InChI=1S/C65H102N20O14/c1-37(2)29-44(78-54(89)43(20-11-25-73-65(69)70)77-59(94)50-22-13-27-84(50)61(96)42(66)19-10-24-72-64(67)68)56(91)82-48(35-86)57(92)79-45(32-41-33-71-36-75-41)55(90)76-38(3)53(88)74-34-52(87)83-26-12-21-49(83)58(93)80-46(30-39-15-6-4-7-16-39)62(97)85-28-14-23-51(85)60(95)81-47(63(98)99)31-40-17-8-5-9-18-40/h5,8-9,17-18,33,36-39,42-51,86H,4,6-7,10-16,19-32,34-35,66H2,1-3H3,(H,71,75)(H,74,88)(H,76,90)(H,77,94)(H,78,89)(H,79,92)(H,80,93)(H,81,95)(H,82,91)(H,98,99)(H4,67,68,72)(H4,69,70,73)/t38-,42-,43-,44-,45-,46-,47-,48-,49-,50-,51-/m0/s1. The number of aliphatic hydroxyl groups excluding tert-OH is 1. The van der Waals surface area contributed by atoms with E-state index in [-0.39, 0.29) is 114 Å². The zero-order valence-corrected chi connectivity index (χ0v) is 56.8. The summed E-state index contributed by atoms with van der Waals surface area (Å²) in [5.41, 5.74) is 29.2. The summed E-state index contributed by atoms with van der Waals surface area (Å²) in [5, 5.41) is 41.6. The van der Waals surface area contributed by atoms with E-state index in [1.54, 1.807) is 44.2 Å². The summed E-state index contributed by atoms with van der Waals surface area (Å²) in [7, 11) is 0. The summed E-state index contributed by atoms with van der Waals surface area (Å²) in [4.78, 5) is 185. The summed E-state index contributed by atoms with van der Waals surface area (Å²) >= 11 is 0. The van der Waals surface area contributed by atoms with Crippen molar-refractivity contribution in [3.63, 3.8) is 0 Å². The number of nitrogens with zero attached hydrogens (tertiary/aromatic N) is 6. The zero-order chi connectivity index (χ0) is 72.3. The van der Waals surface area contributed by atoms with Gasteiger partial charge in [-0.25, -0.2) is 9.78 Å². The van der Waals surface area contributed by atoms with Crippen LogP contribution in [0.1, 0.15) is 141 Å². The summed E-state index contributed by atoms with van der Waals surface area (Å²) < 4.78 is 0. The number of carbonyl (C=O) groups excluding carboxylic acids is 11. The van der Waals surface area contributed by atoms with E-state index < -0.39 is 151 Å². The van der Waals surface area contributed by atoms with E-state index in [0.717, 1.165) is 32.1 Å². The average molecular weight is 1390 g/mol. The van der Waals surface area contributed by atoms with Crippen LogP contribution in [-0.2, 0) is 70.4 Å². The SMILES string of the molecule is CC(C)C[C@H](NC(=O)[C@H](CCCN=C(N)N)NC(=O)[C@@H]1CCCN1C(=O)[C@@H](N)CCCN=C(N)N)C(=O)N[C@@H](CO)C(=O)N[C@@H](Cc1cnc[nH]1)C(=O)N[C@@H](C)C(=O)NCC(=O)N1CCC[C@H]1C(=O)N[C@@H](CC1CCCCC1)C(=O)N1CCC[C@H]1C(=O)N[C@@H](Cc1ccccc1)C(=O)O. The van der Waals surface area contributed by atoms with Gasteiger partial charge in [0.1, 0.15) is 60.4 Å². The molecule has 0 radical (unpaired) electrons. The Balaban J connectivity index is 1.06. The van der Waals surface area contributed by atoms with Crippen LogP contribution < -0.4 is 71.2 Å². The molecule has 4 aliphatic rings. The molecule has 34 heteroatoms. The number of aromatic amines is 1. The van der Waals surface area contributed by atoms with Crippen molar-refractivity contribution in [2.24, 2.45) is 50.5 Å². The fourth-order valence-electron chi connectivity index (χ4n) is 12.9. The first-order valence-electron chi connectivity index (χ1n) is 34.3. The lowest BCUT2D eigenvalue weighted by Gasteiger charge is -2.33. The fraction of sp³-hybridized carbons (Fsp3) is 0.646. The lowest BCUT2D eigenvalue weighted by molar-refractivity contribution is -0.145. The highest BCUT2D eigenvalue weighted by atomic mass is 16.4. The van der Waals surface area contributed by atoms with Crippen molar-refractivity contribution >= 4 is 82.9 Å². The third-order valence-corrected chi connectivity index (χ3v) is 18.2. The van der Waals surface area contributed by atoms with E-state index in [4.69, 9.17) is 28.7 Å². The van der Waals surface area contributed by atoms with E-state index in [1.165, 1.54) is 34.1 Å². The first-order valence-corrected chi connectivity index (χ1v) is 34.3. The molecule has 1 saturated carbocycles. The molecule has 4 heterocycles. The van der Waals surface area contributed by atoms with Crippen molar-refractivity contribution in [1.82, 2.24) is 67.2 Å². The van der Waals surface area contributed by atoms with Gasteiger partial charge in [-0.15, -0.1) is 0 Å². The minimum Gasteiger partial charge on any atom is -0.480 e. The maximum atomic E-state index is 14.6. The molecule has 3 saturated heterocycles. The molecule has 6 rings (SSSR count). The largest absolute Gasteiger partial charge is 0.480 e. The molecule has 11 atom stereocenters. The second-order valence-corrected chi connectivity index (χ2v) is 26.3. The maximum Gasteiger partial charge on any atom is 0.326 e. The molecule has 1 aromatic heterocycles. The van der Waals surface area contributed by atoms with E-state index in [0.29, 0.717) is 43.4 Å². The quantitative estimate of drug-likeness (QED) is 0.0175. The number of carboxylic acids is 1. The predicted molar refractivity (Wildman–Crippen MR) is 362 cm³/mol. The normalized spacial score (nSPS) is 19.3. The number of carbonyl (C=O) groups is 12. The first-order chi connectivity index (χ1) is 47.2. The molecule has 546 valence electrons. The molecule has 0 unspecified atom stereocenters. The highest BCUT2D eigenvalue weighted by Crippen LogP contribution is 2.30. The zero-order valence-electron chi connectivity index (χ0n) is 56.8. The molecule has 0 bridgehead atoms. The highest BCUT2D eigenvalue weighted by Gasteiger charge is 2.43. The number of amides is 11. The molecule has 1 aromatic carbocycles. The van der Waals surface area contributed by atoms with Crippen LogP contribution in [0, 0.1) is 11.8 Å². The number of aromatic nitrogens is 2. The number of carboxylic acid groups (broad SMARTS) is 1. The third-order valence-electron chi connectivity index (χ3n) is 18.2. The molecule has 4 fully saturated rings. The van der Waals surface area contributed by atoms with Gasteiger partial charge in [0.15, 0.2) is 11.9 Å². The van der Waals surface area contributed by atoms with E-state index >= 15 is 0 Å². The highest BCUT2D eigenvalue weighted by molar-refractivity contribution is 5.99. The van der Waals surface area contributed by atoms with Crippen LogP contribution in [0.25, 0.3) is 0 Å². The summed E-state index contributed by atoms with van der Waals surface area (Å²) in [6, 6.07) is -4.58. The van der Waals surface area contributed by atoms with Crippen molar-refractivity contribution in [2.75, 3.05) is 45.9 Å². The Hall–Kier alpha value is -9.47. The van der Waals surface area contributed by atoms with Gasteiger partial charge in [0.25, 0.3) is 0 Å². The van der Waals surface area contributed by atoms with Crippen LogP contribution in [0.15, 0.2) is 52.8 Å². The average Bonchev–Trinajstić information content (AvgIpc) is 1.74. The molecule has 0 spiro atoms. The second-order valence-electron chi connectivity index (χ2n) is 26.3. The van der Waals surface area contributed by atoms with Gasteiger partial charge in [-0.1, -0.05) is 76.3 Å². The summed E-state index contributed by atoms with van der Waals surface area (Å²) in [5.74, 6) is -9.60. The van der Waals surface area contributed by atoms with Gasteiger partial charge in [-0.05, 0) is 101 Å². The molecule has 3 aliphatic heterocycles. The number of nitrogens with one attached hydrogen (secondary N) is 9. The lowest BCUT2D eigenvalue weighted by atomic mass is 9.84. The third kappa shape index (κ3) is 24.5. The van der Waals surface area contributed by atoms with Gasteiger partial charge in [-0.3, -0.25) is 62.7 Å². The smallest absolute Gasteiger partial charge is 0.326 e. The maximum absolute atomic E-state index is 14.6. The van der Waals surface area contributed by atoms with Crippen molar-refractivity contribution in [3.8, 4) is 0 Å². The molecule has 99 heavy (non-hydrogen) atoms. The molecule has 11 amide bonds.